The van der Waals surface area contributed by atoms with Crippen LogP contribution in [0.5, 0.6) is 0 Å². The van der Waals surface area contributed by atoms with E-state index in [1.54, 1.807) is 0 Å². The summed E-state index contributed by atoms with van der Waals surface area (Å²) in [7, 11) is 0. The van der Waals surface area contributed by atoms with Crippen LogP contribution >= 0.6 is 34.5 Å². The molecular formula is C18H10Cl2F3N3O2S. The molecular weight excluding hydrogens is 450 g/mol. The molecule has 1 heterocycles. The van der Waals surface area contributed by atoms with Crippen molar-refractivity contribution >= 4 is 51.5 Å². The van der Waals surface area contributed by atoms with E-state index < -0.39 is 23.7 Å². The Bertz CT molecular complexity index is 1040. The van der Waals surface area contributed by atoms with E-state index in [0.29, 0.717) is 26.4 Å². The Morgan fingerprint density at radius 3 is 1.93 bits per heavy atom. The Morgan fingerprint density at radius 2 is 1.45 bits per heavy atom. The lowest BCUT2D eigenvalue weighted by atomic mass is 10.2. The number of carbonyl (C=O) groups is 2. The number of hydrogen-bond acceptors (Lipinski definition) is 4. The van der Waals surface area contributed by atoms with Crippen molar-refractivity contribution in [1.82, 2.24) is 10.4 Å². The second-order valence-electron chi connectivity index (χ2n) is 5.61. The van der Waals surface area contributed by atoms with Gasteiger partial charge in [-0.05, 0) is 48.5 Å². The highest BCUT2D eigenvalue weighted by Crippen LogP contribution is 2.33. The van der Waals surface area contributed by atoms with E-state index in [9.17, 15) is 22.8 Å². The summed E-state index contributed by atoms with van der Waals surface area (Å²) in [5.74, 6) is -1.51. The largest absolute Gasteiger partial charge is 0.434 e. The second-order valence-corrected chi connectivity index (χ2v) is 7.32. The monoisotopic (exact) mass is 459 g/mol. The Hall–Kier alpha value is -2.62. The SMILES string of the molecule is O=C(NN(C(=O)c1ccc(Cl)cc1)c1nc(C(F)(F)F)cs1)c1ccc(Cl)cc1. The molecule has 1 aromatic heterocycles. The van der Waals surface area contributed by atoms with Crippen LogP contribution in [0, 0.1) is 0 Å². The van der Waals surface area contributed by atoms with Crippen LogP contribution in [0.4, 0.5) is 18.3 Å². The number of hydrogen-bond donors (Lipinski definition) is 1. The lowest BCUT2D eigenvalue weighted by molar-refractivity contribution is -0.140. The minimum absolute atomic E-state index is 0.0922. The van der Waals surface area contributed by atoms with E-state index in [-0.39, 0.29) is 16.3 Å². The molecule has 3 aromatic rings. The van der Waals surface area contributed by atoms with Gasteiger partial charge in [-0.3, -0.25) is 15.0 Å². The van der Waals surface area contributed by atoms with Crippen molar-refractivity contribution in [2.75, 3.05) is 5.01 Å². The first-order chi connectivity index (χ1) is 13.6. The minimum atomic E-state index is -4.69. The number of hydrazine groups is 1. The number of halogens is 5. The first-order valence-electron chi connectivity index (χ1n) is 7.84. The van der Waals surface area contributed by atoms with Gasteiger partial charge in [0.15, 0.2) is 5.69 Å². The maximum Gasteiger partial charge on any atom is 0.434 e. The van der Waals surface area contributed by atoms with Crippen molar-refractivity contribution in [3.63, 3.8) is 0 Å². The average Bonchev–Trinajstić information content (AvgIpc) is 3.17. The van der Waals surface area contributed by atoms with Gasteiger partial charge in [0, 0.05) is 26.6 Å². The van der Waals surface area contributed by atoms with Crippen molar-refractivity contribution in [3.8, 4) is 0 Å². The van der Waals surface area contributed by atoms with E-state index in [0.717, 1.165) is 5.38 Å². The topological polar surface area (TPSA) is 62.3 Å². The van der Waals surface area contributed by atoms with Gasteiger partial charge in [-0.15, -0.1) is 11.3 Å². The number of thiazole rings is 1. The summed E-state index contributed by atoms with van der Waals surface area (Å²) in [6.45, 7) is 0. The van der Waals surface area contributed by atoms with Crippen LogP contribution in [-0.4, -0.2) is 16.8 Å². The number of benzene rings is 2. The predicted octanol–water partition coefficient (Wildman–Crippen LogP) is 5.46. The Morgan fingerprint density at radius 1 is 0.931 bits per heavy atom. The zero-order valence-corrected chi connectivity index (χ0v) is 16.5. The van der Waals surface area contributed by atoms with Gasteiger partial charge in [0.2, 0.25) is 5.13 Å². The first-order valence-corrected chi connectivity index (χ1v) is 9.48. The van der Waals surface area contributed by atoms with E-state index in [1.165, 1.54) is 48.5 Å². The molecule has 11 heteroatoms. The third-order valence-corrected chi connectivity index (χ3v) is 4.92. The van der Waals surface area contributed by atoms with Gasteiger partial charge in [0.05, 0.1) is 0 Å². The zero-order valence-electron chi connectivity index (χ0n) is 14.2. The number of carbonyl (C=O) groups excluding carboxylic acids is 2. The van der Waals surface area contributed by atoms with Gasteiger partial charge in [-0.2, -0.15) is 18.2 Å². The second kappa shape index (κ2) is 8.40. The molecule has 2 aromatic carbocycles. The fourth-order valence-corrected chi connectivity index (χ4v) is 3.21. The number of anilines is 1. The third-order valence-electron chi connectivity index (χ3n) is 3.59. The minimum Gasteiger partial charge on any atom is -0.267 e. The van der Waals surface area contributed by atoms with Crippen molar-refractivity contribution < 1.29 is 22.8 Å². The summed E-state index contributed by atoms with van der Waals surface area (Å²) in [6, 6.07) is 11.4. The molecule has 0 unspecified atom stereocenters. The number of aromatic nitrogens is 1. The smallest absolute Gasteiger partial charge is 0.267 e. The highest BCUT2D eigenvalue weighted by molar-refractivity contribution is 7.14. The Kier molecular flexibility index (Phi) is 6.11. The van der Waals surface area contributed by atoms with Crippen LogP contribution in [0.25, 0.3) is 0 Å². The van der Waals surface area contributed by atoms with E-state index in [1.807, 2.05) is 0 Å². The Labute approximate surface area is 176 Å². The normalized spacial score (nSPS) is 11.2. The van der Waals surface area contributed by atoms with Crippen molar-refractivity contribution in [2.24, 2.45) is 0 Å². The maximum absolute atomic E-state index is 12.9. The molecule has 0 aliphatic rings. The molecule has 5 nitrogen and oxygen atoms in total. The van der Waals surface area contributed by atoms with Crippen LogP contribution in [0.15, 0.2) is 53.9 Å². The number of rotatable bonds is 3. The molecule has 0 aliphatic carbocycles. The highest BCUT2D eigenvalue weighted by atomic mass is 35.5. The highest BCUT2D eigenvalue weighted by Gasteiger charge is 2.35. The van der Waals surface area contributed by atoms with Crippen molar-refractivity contribution in [2.45, 2.75) is 6.18 Å². The predicted molar refractivity (Wildman–Crippen MR) is 104 cm³/mol. The number of nitrogens with one attached hydrogen (secondary N) is 1. The standard InChI is InChI=1S/C18H10Cl2F3N3O2S/c19-12-5-1-10(2-6-12)15(27)25-26(16(28)11-3-7-13(20)8-4-11)17-24-14(9-29-17)18(21,22)23/h1-9H,(H,25,27). The van der Waals surface area contributed by atoms with E-state index in [2.05, 4.69) is 10.4 Å². The molecule has 0 bridgehead atoms. The number of alkyl halides is 3. The van der Waals surface area contributed by atoms with Crippen LogP contribution in [0.3, 0.4) is 0 Å². The van der Waals surface area contributed by atoms with E-state index in [4.69, 9.17) is 23.2 Å². The summed E-state index contributed by atoms with van der Waals surface area (Å²) < 4.78 is 38.8. The Balaban J connectivity index is 1.95. The fraction of sp³-hybridized carbons (Fsp3) is 0.0556. The molecule has 0 aliphatic heterocycles. The van der Waals surface area contributed by atoms with E-state index >= 15 is 0 Å². The van der Waals surface area contributed by atoms with Crippen LogP contribution in [0.1, 0.15) is 26.4 Å². The van der Waals surface area contributed by atoms with Gasteiger partial charge < -0.3 is 0 Å². The number of amides is 2. The summed E-state index contributed by atoms with van der Waals surface area (Å²) >= 11 is 12.2. The van der Waals surface area contributed by atoms with Gasteiger partial charge in [-0.25, -0.2) is 4.98 Å². The molecule has 3 rings (SSSR count). The quantitative estimate of drug-likeness (QED) is 0.528. The lowest BCUT2D eigenvalue weighted by Gasteiger charge is -2.21. The number of nitrogens with zero attached hydrogens (tertiary/aromatic N) is 2. The summed E-state index contributed by atoms with van der Waals surface area (Å²) in [5.41, 5.74) is 1.36. The molecule has 150 valence electrons. The van der Waals surface area contributed by atoms with Gasteiger partial charge in [-0.1, -0.05) is 23.2 Å². The fourth-order valence-electron chi connectivity index (χ4n) is 2.17. The molecule has 0 saturated heterocycles. The van der Waals surface area contributed by atoms with Crippen LogP contribution < -0.4 is 10.4 Å². The summed E-state index contributed by atoms with van der Waals surface area (Å²) in [4.78, 5) is 28.8. The molecule has 29 heavy (non-hydrogen) atoms. The molecule has 0 fully saturated rings. The van der Waals surface area contributed by atoms with Crippen molar-refractivity contribution in [1.29, 1.82) is 0 Å². The van der Waals surface area contributed by atoms with Gasteiger partial charge in [0.1, 0.15) is 0 Å². The van der Waals surface area contributed by atoms with Gasteiger partial charge in [0.25, 0.3) is 11.8 Å². The molecule has 0 spiro atoms. The summed E-state index contributed by atoms with van der Waals surface area (Å²) in [6.07, 6.45) is -4.69. The lowest BCUT2D eigenvalue weighted by Crippen LogP contribution is -2.46. The summed E-state index contributed by atoms with van der Waals surface area (Å²) in [5, 5.41) is 1.84. The first kappa shape index (κ1) is 21.1. The maximum atomic E-state index is 12.9. The molecule has 0 radical (unpaired) electrons. The van der Waals surface area contributed by atoms with Crippen LogP contribution in [0.2, 0.25) is 10.0 Å². The third kappa shape index (κ3) is 5.06. The molecule has 0 saturated carbocycles. The molecule has 1 N–H and O–H groups in total. The molecule has 2 amide bonds. The molecule has 0 atom stereocenters. The zero-order chi connectivity index (χ0) is 21.2. The van der Waals surface area contributed by atoms with Crippen molar-refractivity contribution in [3.05, 3.63) is 80.8 Å². The van der Waals surface area contributed by atoms with Gasteiger partial charge >= 0.3 is 6.18 Å². The van der Waals surface area contributed by atoms with Crippen LogP contribution in [-0.2, 0) is 6.18 Å². The average molecular weight is 460 g/mol.